The van der Waals surface area contributed by atoms with Crippen LogP contribution >= 0.6 is 0 Å². The Bertz CT molecular complexity index is 223. The highest BCUT2D eigenvalue weighted by atomic mass is 16.5. The Kier molecular flexibility index (Phi) is 4.11. The lowest BCUT2D eigenvalue weighted by Crippen LogP contribution is -2.55. The fourth-order valence-corrected chi connectivity index (χ4v) is 1.89. The van der Waals surface area contributed by atoms with E-state index in [-0.39, 0.29) is 11.9 Å². The maximum Gasteiger partial charge on any atom is 0.254 e. The van der Waals surface area contributed by atoms with Crippen LogP contribution in [0.3, 0.4) is 0 Å². The Hall–Kier alpha value is -0.610. The van der Waals surface area contributed by atoms with E-state index < -0.39 is 5.60 Å². The molecule has 0 atom stereocenters. The third-order valence-corrected chi connectivity index (χ3v) is 3.29. The van der Waals surface area contributed by atoms with Gasteiger partial charge in [-0.05, 0) is 39.8 Å². The summed E-state index contributed by atoms with van der Waals surface area (Å²) in [5.41, 5.74) is -0.593. The summed E-state index contributed by atoms with van der Waals surface area (Å²) < 4.78 is 5.48. The Labute approximate surface area is 92.0 Å². The largest absolute Gasteiger partial charge is 0.368 e. The van der Waals surface area contributed by atoms with Crippen LogP contribution in [0.4, 0.5) is 0 Å². The molecule has 1 amide bonds. The highest BCUT2D eigenvalue weighted by Gasteiger charge is 2.41. The second-order valence-electron chi connectivity index (χ2n) is 4.46. The van der Waals surface area contributed by atoms with Gasteiger partial charge < -0.3 is 15.0 Å². The van der Waals surface area contributed by atoms with Gasteiger partial charge in [-0.2, -0.15) is 0 Å². The quantitative estimate of drug-likeness (QED) is 0.749. The molecular weight excluding hydrogens is 192 g/mol. The van der Waals surface area contributed by atoms with Crippen molar-refractivity contribution in [2.24, 2.45) is 0 Å². The number of amides is 1. The fourth-order valence-electron chi connectivity index (χ4n) is 1.89. The van der Waals surface area contributed by atoms with Gasteiger partial charge in [0, 0.05) is 20.2 Å². The topological polar surface area (TPSA) is 41.6 Å². The van der Waals surface area contributed by atoms with Gasteiger partial charge in [0.1, 0.15) is 5.60 Å². The maximum atomic E-state index is 12.3. The minimum atomic E-state index is -0.593. The third-order valence-electron chi connectivity index (χ3n) is 3.29. The molecule has 0 aromatic rings. The number of nitrogens with zero attached hydrogens (tertiary/aromatic N) is 1. The monoisotopic (exact) mass is 214 g/mol. The highest BCUT2D eigenvalue weighted by molar-refractivity contribution is 5.85. The van der Waals surface area contributed by atoms with Crippen molar-refractivity contribution in [3.63, 3.8) is 0 Å². The molecule has 1 rings (SSSR count). The summed E-state index contributed by atoms with van der Waals surface area (Å²) in [6.45, 7) is 5.74. The first kappa shape index (κ1) is 12.5. The molecule has 0 aromatic heterocycles. The second kappa shape index (κ2) is 4.94. The Morgan fingerprint density at radius 2 is 1.93 bits per heavy atom. The molecule has 1 heterocycles. The average Bonchev–Trinajstić information content (AvgIpc) is 2.27. The first-order valence-corrected chi connectivity index (χ1v) is 5.56. The summed E-state index contributed by atoms with van der Waals surface area (Å²) in [4.78, 5) is 14.0. The van der Waals surface area contributed by atoms with Crippen molar-refractivity contribution >= 4 is 5.91 Å². The molecular formula is C11H22N2O2. The van der Waals surface area contributed by atoms with Crippen LogP contribution in [0, 0.1) is 0 Å². The van der Waals surface area contributed by atoms with Crippen LogP contribution in [-0.2, 0) is 9.53 Å². The molecule has 88 valence electrons. The van der Waals surface area contributed by atoms with Gasteiger partial charge in [0.2, 0.25) is 0 Å². The van der Waals surface area contributed by atoms with Gasteiger partial charge in [-0.3, -0.25) is 4.79 Å². The van der Waals surface area contributed by atoms with E-state index in [9.17, 15) is 4.79 Å². The minimum absolute atomic E-state index is 0.113. The van der Waals surface area contributed by atoms with E-state index in [4.69, 9.17) is 4.74 Å². The van der Waals surface area contributed by atoms with Crippen LogP contribution in [0.1, 0.15) is 26.7 Å². The number of carbonyl (C=O) groups excluding carboxylic acids is 1. The molecule has 1 N–H and O–H groups in total. The molecule has 4 nitrogen and oxygen atoms in total. The number of likely N-dealkylation sites (N-methyl/N-ethyl adjacent to an activating group) is 1. The van der Waals surface area contributed by atoms with Crippen molar-refractivity contribution in [1.82, 2.24) is 10.2 Å². The van der Waals surface area contributed by atoms with Crippen LogP contribution in [-0.4, -0.2) is 49.7 Å². The van der Waals surface area contributed by atoms with Gasteiger partial charge in [0.15, 0.2) is 0 Å². The normalized spacial score (nSPS) is 20.3. The van der Waals surface area contributed by atoms with Gasteiger partial charge in [-0.25, -0.2) is 0 Å². The molecule has 0 aliphatic carbocycles. The number of nitrogens with one attached hydrogen (secondary N) is 1. The Morgan fingerprint density at radius 3 is 2.33 bits per heavy atom. The van der Waals surface area contributed by atoms with E-state index in [2.05, 4.69) is 5.32 Å². The van der Waals surface area contributed by atoms with E-state index in [1.165, 1.54) is 0 Å². The molecule has 0 saturated carbocycles. The predicted octanol–water partition coefficient (Wildman–Crippen LogP) is 0.622. The van der Waals surface area contributed by atoms with Gasteiger partial charge in [0.25, 0.3) is 5.91 Å². The molecule has 1 saturated heterocycles. The molecule has 15 heavy (non-hydrogen) atoms. The number of ether oxygens (including phenoxy) is 1. The summed E-state index contributed by atoms with van der Waals surface area (Å²) in [6.07, 6.45) is 1.53. The summed E-state index contributed by atoms with van der Waals surface area (Å²) in [5.74, 6) is 0.113. The number of carbonyl (C=O) groups is 1. The molecule has 0 bridgehead atoms. The molecule has 0 radical (unpaired) electrons. The van der Waals surface area contributed by atoms with Gasteiger partial charge >= 0.3 is 0 Å². The zero-order valence-corrected chi connectivity index (χ0v) is 10.2. The summed E-state index contributed by atoms with van der Waals surface area (Å²) in [6, 6.07) is 0.222. The van der Waals surface area contributed by atoms with Crippen molar-refractivity contribution in [2.75, 3.05) is 27.2 Å². The van der Waals surface area contributed by atoms with Crippen molar-refractivity contribution in [3.05, 3.63) is 0 Å². The fraction of sp³-hybridized carbons (Fsp3) is 0.909. The second-order valence-corrected chi connectivity index (χ2v) is 4.46. The van der Waals surface area contributed by atoms with Crippen molar-refractivity contribution in [1.29, 1.82) is 0 Å². The SMILES string of the molecule is COC1(C(=O)N(C)C(C)C)CCNCC1. The van der Waals surface area contributed by atoms with Gasteiger partial charge in [-0.15, -0.1) is 0 Å². The summed E-state index contributed by atoms with van der Waals surface area (Å²) >= 11 is 0. The summed E-state index contributed by atoms with van der Waals surface area (Å²) in [7, 11) is 3.48. The first-order valence-electron chi connectivity index (χ1n) is 5.56. The minimum Gasteiger partial charge on any atom is -0.368 e. The van der Waals surface area contributed by atoms with Crippen LogP contribution in [0.5, 0.6) is 0 Å². The van der Waals surface area contributed by atoms with Crippen LogP contribution < -0.4 is 5.32 Å². The van der Waals surface area contributed by atoms with Crippen LogP contribution in [0.2, 0.25) is 0 Å². The third kappa shape index (κ3) is 2.49. The maximum absolute atomic E-state index is 12.3. The standard InChI is InChI=1S/C11H22N2O2/c1-9(2)13(3)10(14)11(15-4)5-7-12-8-6-11/h9,12H,5-8H2,1-4H3. The number of methoxy groups -OCH3 is 1. The zero-order valence-electron chi connectivity index (χ0n) is 10.2. The number of piperidine rings is 1. The zero-order chi connectivity index (χ0) is 11.5. The van der Waals surface area contributed by atoms with E-state index >= 15 is 0 Å². The number of hydrogen-bond donors (Lipinski definition) is 1. The van der Waals surface area contributed by atoms with Crippen molar-refractivity contribution in [3.8, 4) is 0 Å². The highest BCUT2D eigenvalue weighted by Crippen LogP contribution is 2.25. The smallest absolute Gasteiger partial charge is 0.254 e. The number of hydrogen-bond acceptors (Lipinski definition) is 3. The van der Waals surface area contributed by atoms with E-state index in [1.807, 2.05) is 20.9 Å². The molecule has 1 aliphatic heterocycles. The van der Waals surface area contributed by atoms with E-state index in [1.54, 1.807) is 12.0 Å². The lowest BCUT2D eigenvalue weighted by molar-refractivity contribution is -0.158. The Morgan fingerprint density at radius 1 is 1.40 bits per heavy atom. The molecule has 0 unspecified atom stereocenters. The van der Waals surface area contributed by atoms with Crippen LogP contribution in [0.25, 0.3) is 0 Å². The van der Waals surface area contributed by atoms with Crippen molar-refractivity contribution < 1.29 is 9.53 Å². The van der Waals surface area contributed by atoms with Gasteiger partial charge in [0.05, 0.1) is 0 Å². The number of rotatable bonds is 3. The Balaban J connectivity index is 2.76. The lowest BCUT2D eigenvalue weighted by atomic mass is 9.90. The van der Waals surface area contributed by atoms with Crippen molar-refractivity contribution in [2.45, 2.75) is 38.3 Å². The van der Waals surface area contributed by atoms with Gasteiger partial charge in [-0.1, -0.05) is 0 Å². The predicted molar refractivity (Wildman–Crippen MR) is 59.7 cm³/mol. The molecule has 0 aromatic carbocycles. The molecule has 0 spiro atoms. The first-order chi connectivity index (χ1) is 7.03. The van der Waals surface area contributed by atoms with E-state index in [0.717, 1.165) is 25.9 Å². The molecule has 1 aliphatic rings. The summed E-state index contributed by atoms with van der Waals surface area (Å²) in [5, 5.41) is 3.25. The van der Waals surface area contributed by atoms with Crippen LogP contribution in [0.15, 0.2) is 0 Å². The van der Waals surface area contributed by atoms with E-state index in [0.29, 0.717) is 0 Å². The lowest BCUT2D eigenvalue weighted by Gasteiger charge is -2.38. The molecule has 1 fully saturated rings. The average molecular weight is 214 g/mol. The molecule has 4 heteroatoms.